The Morgan fingerprint density at radius 1 is 1.08 bits per heavy atom. The second kappa shape index (κ2) is 8.67. The Kier molecular flexibility index (Phi) is 6.07. The maximum Gasteiger partial charge on any atom is 0.317 e. The van der Waals surface area contributed by atoms with E-state index in [-0.39, 0.29) is 11.8 Å². The van der Waals surface area contributed by atoms with Crippen LogP contribution in [0, 0.1) is 5.82 Å². The Balaban J connectivity index is 1.45. The molecule has 2 aromatic carbocycles. The Hall–Kier alpha value is -2.60. The molecule has 0 aromatic heterocycles. The molecule has 1 fully saturated rings. The number of benzene rings is 2. The van der Waals surface area contributed by atoms with Gasteiger partial charge in [0.05, 0.1) is 7.11 Å². The topological polar surface area (TPSA) is 44.8 Å². The second-order valence-electron chi connectivity index (χ2n) is 6.36. The van der Waals surface area contributed by atoms with E-state index >= 15 is 0 Å². The molecule has 0 aliphatic carbocycles. The van der Waals surface area contributed by atoms with Gasteiger partial charge in [0.2, 0.25) is 0 Å². The normalized spacial score (nSPS) is 14.9. The first kappa shape index (κ1) is 18.2. The number of hydrogen-bond acceptors (Lipinski definition) is 3. The Bertz CT molecular complexity index is 728. The van der Waals surface area contributed by atoms with Gasteiger partial charge in [-0.2, -0.15) is 0 Å². The molecular weight excluding hydrogens is 333 g/mol. The molecule has 2 aromatic rings. The number of carbonyl (C=O) groups excluding carboxylic acids is 1. The van der Waals surface area contributed by atoms with Gasteiger partial charge in [0, 0.05) is 44.8 Å². The van der Waals surface area contributed by atoms with Gasteiger partial charge in [0.25, 0.3) is 0 Å². The van der Waals surface area contributed by atoms with Crippen molar-refractivity contribution in [1.29, 1.82) is 0 Å². The lowest BCUT2D eigenvalue weighted by Gasteiger charge is -2.34. The summed E-state index contributed by atoms with van der Waals surface area (Å²) in [5.74, 6) is 0.558. The molecule has 138 valence electrons. The summed E-state index contributed by atoms with van der Waals surface area (Å²) < 4.78 is 18.3. The van der Waals surface area contributed by atoms with Crippen molar-refractivity contribution < 1.29 is 13.9 Å². The lowest BCUT2D eigenvalue weighted by atomic mass is 10.2. The summed E-state index contributed by atoms with van der Waals surface area (Å²) in [6.07, 6.45) is 0. The molecule has 6 heteroatoms. The fraction of sp³-hybridized carbons (Fsp3) is 0.350. The van der Waals surface area contributed by atoms with Crippen LogP contribution < -0.4 is 10.1 Å². The minimum Gasteiger partial charge on any atom is -0.496 e. The van der Waals surface area contributed by atoms with Gasteiger partial charge in [0.1, 0.15) is 11.6 Å². The largest absolute Gasteiger partial charge is 0.496 e. The number of carbonyl (C=O) groups is 1. The predicted octanol–water partition coefficient (Wildman–Crippen LogP) is 2.86. The van der Waals surface area contributed by atoms with Crippen molar-refractivity contribution in [2.75, 3.05) is 33.3 Å². The van der Waals surface area contributed by atoms with Crippen LogP contribution in [-0.4, -0.2) is 49.1 Å². The Labute approximate surface area is 153 Å². The number of ether oxygens (including phenoxy) is 1. The molecule has 1 N–H and O–H groups in total. The van der Waals surface area contributed by atoms with Crippen LogP contribution in [0.15, 0.2) is 48.5 Å². The van der Waals surface area contributed by atoms with Crippen LogP contribution in [0.1, 0.15) is 11.1 Å². The molecule has 0 spiro atoms. The first-order valence-corrected chi connectivity index (χ1v) is 8.77. The number of methoxy groups -OCH3 is 1. The molecule has 0 atom stereocenters. The number of urea groups is 1. The van der Waals surface area contributed by atoms with Crippen molar-refractivity contribution in [3.05, 3.63) is 65.5 Å². The summed E-state index contributed by atoms with van der Waals surface area (Å²) in [7, 11) is 1.63. The molecule has 0 radical (unpaired) electrons. The summed E-state index contributed by atoms with van der Waals surface area (Å²) in [6, 6.07) is 14.2. The molecule has 26 heavy (non-hydrogen) atoms. The molecule has 0 unspecified atom stereocenters. The molecule has 0 saturated carbocycles. The van der Waals surface area contributed by atoms with E-state index < -0.39 is 0 Å². The van der Waals surface area contributed by atoms with E-state index in [9.17, 15) is 9.18 Å². The van der Waals surface area contributed by atoms with Gasteiger partial charge < -0.3 is 15.0 Å². The van der Waals surface area contributed by atoms with Crippen molar-refractivity contribution in [1.82, 2.24) is 15.1 Å². The highest BCUT2D eigenvalue weighted by Gasteiger charge is 2.21. The van der Waals surface area contributed by atoms with E-state index in [0.717, 1.165) is 36.5 Å². The van der Waals surface area contributed by atoms with Crippen molar-refractivity contribution in [3.63, 3.8) is 0 Å². The minimum atomic E-state index is -0.217. The number of piperazine rings is 1. The average Bonchev–Trinajstić information content (AvgIpc) is 2.68. The Morgan fingerprint density at radius 3 is 2.46 bits per heavy atom. The highest BCUT2D eigenvalue weighted by molar-refractivity contribution is 5.74. The van der Waals surface area contributed by atoms with Crippen LogP contribution >= 0.6 is 0 Å². The number of nitrogens with one attached hydrogen (secondary N) is 1. The van der Waals surface area contributed by atoms with Crippen molar-refractivity contribution in [2.45, 2.75) is 13.1 Å². The van der Waals surface area contributed by atoms with Crippen molar-refractivity contribution in [3.8, 4) is 5.75 Å². The van der Waals surface area contributed by atoms with Crippen molar-refractivity contribution in [2.24, 2.45) is 0 Å². The zero-order valence-corrected chi connectivity index (χ0v) is 15.0. The zero-order chi connectivity index (χ0) is 18.4. The first-order chi connectivity index (χ1) is 12.7. The quantitative estimate of drug-likeness (QED) is 0.895. The number of halogens is 1. The first-order valence-electron chi connectivity index (χ1n) is 8.77. The van der Waals surface area contributed by atoms with Gasteiger partial charge in [-0.05, 0) is 23.8 Å². The van der Waals surface area contributed by atoms with Crippen LogP contribution in [-0.2, 0) is 13.1 Å². The van der Waals surface area contributed by atoms with E-state index in [1.54, 1.807) is 7.11 Å². The number of nitrogens with zero attached hydrogens (tertiary/aromatic N) is 2. The lowest BCUT2D eigenvalue weighted by Crippen LogP contribution is -2.51. The molecule has 5 nitrogen and oxygen atoms in total. The molecule has 0 bridgehead atoms. The molecular formula is C20H24FN3O2. The zero-order valence-electron chi connectivity index (χ0n) is 15.0. The number of hydrogen-bond donors (Lipinski definition) is 1. The maximum absolute atomic E-state index is 13.0. The number of para-hydroxylation sites is 1. The maximum atomic E-state index is 13.0. The van der Waals surface area contributed by atoms with Gasteiger partial charge in [-0.3, -0.25) is 4.90 Å². The van der Waals surface area contributed by atoms with Gasteiger partial charge >= 0.3 is 6.03 Å². The molecule has 2 amide bonds. The smallest absolute Gasteiger partial charge is 0.317 e. The van der Waals surface area contributed by atoms with Crippen LogP contribution in [0.25, 0.3) is 0 Å². The molecule has 1 heterocycles. The third-order valence-corrected chi connectivity index (χ3v) is 4.60. The van der Waals surface area contributed by atoms with Crippen LogP contribution in [0.3, 0.4) is 0 Å². The summed E-state index contributed by atoms with van der Waals surface area (Å²) in [4.78, 5) is 16.5. The van der Waals surface area contributed by atoms with Gasteiger partial charge in [-0.25, -0.2) is 9.18 Å². The van der Waals surface area contributed by atoms with Crippen LogP contribution in [0.5, 0.6) is 5.75 Å². The number of amides is 2. The van der Waals surface area contributed by atoms with Crippen LogP contribution in [0.2, 0.25) is 0 Å². The fourth-order valence-electron chi connectivity index (χ4n) is 3.09. The lowest BCUT2D eigenvalue weighted by molar-refractivity contribution is 0.135. The predicted molar refractivity (Wildman–Crippen MR) is 98.5 cm³/mol. The highest BCUT2D eigenvalue weighted by atomic mass is 19.1. The van der Waals surface area contributed by atoms with Crippen LogP contribution in [0.4, 0.5) is 9.18 Å². The molecule has 1 saturated heterocycles. The minimum absolute atomic E-state index is 0.0580. The summed E-state index contributed by atoms with van der Waals surface area (Å²) in [5, 5.41) is 2.96. The van der Waals surface area contributed by atoms with E-state index in [0.29, 0.717) is 19.6 Å². The van der Waals surface area contributed by atoms with E-state index in [1.807, 2.05) is 41.3 Å². The molecule has 1 aliphatic heterocycles. The van der Waals surface area contributed by atoms with Gasteiger partial charge in [-0.15, -0.1) is 0 Å². The summed E-state index contributed by atoms with van der Waals surface area (Å²) in [5.41, 5.74) is 2.04. The van der Waals surface area contributed by atoms with E-state index in [4.69, 9.17) is 4.74 Å². The average molecular weight is 357 g/mol. The number of rotatable bonds is 5. The van der Waals surface area contributed by atoms with E-state index in [1.165, 1.54) is 12.1 Å². The fourth-order valence-corrected chi connectivity index (χ4v) is 3.09. The van der Waals surface area contributed by atoms with E-state index in [2.05, 4.69) is 10.2 Å². The standard InChI is InChI=1S/C20H24FN3O2/c1-26-19-5-3-2-4-17(19)14-22-20(25)24-12-10-23(11-13-24)15-16-6-8-18(21)9-7-16/h2-9H,10-15H2,1H3,(H,22,25). The third-order valence-electron chi connectivity index (χ3n) is 4.60. The molecule has 1 aliphatic rings. The third kappa shape index (κ3) is 4.73. The Morgan fingerprint density at radius 2 is 1.77 bits per heavy atom. The highest BCUT2D eigenvalue weighted by Crippen LogP contribution is 2.17. The second-order valence-corrected chi connectivity index (χ2v) is 6.36. The van der Waals surface area contributed by atoms with Gasteiger partial charge in [-0.1, -0.05) is 30.3 Å². The van der Waals surface area contributed by atoms with Gasteiger partial charge in [0.15, 0.2) is 0 Å². The summed E-state index contributed by atoms with van der Waals surface area (Å²) >= 11 is 0. The monoisotopic (exact) mass is 357 g/mol. The SMILES string of the molecule is COc1ccccc1CNC(=O)N1CCN(Cc2ccc(F)cc2)CC1. The van der Waals surface area contributed by atoms with Crippen molar-refractivity contribution >= 4 is 6.03 Å². The summed E-state index contributed by atoms with van der Waals surface area (Å²) in [6.45, 7) is 4.19. The molecule has 3 rings (SSSR count).